The van der Waals surface area contributed by atoms with Crippen LogP contribution in [0.1, 0.15) is 6.42 Å². The molecule has 0 aromatic carbocycles. The quantitative estimate of drug-likeness (QED) is 0.415. The van der Waals surface area contributed by atoms with E-state index in [9.17, 15) is 9.59 Å². The monoisotopic (exact) mass is 159 g/mol. The van der Waals surface area contributed by atoms with E-state index in [1.54, 1.807) is 0 Å². The van der Waals surface area contributed by atoms with Crippen molar-refractivity contribution in [1.82, 2.24) is 10.4 Å². The summed E-state index contributed by atoms with van der Waals surface area (Å²) in [6.07, 6.45) is 1.73. The van der Waals surface area contributed by atoms with E-state index in [2.05, 4.69) is 10.2 Å². The van der Waals surface area contributed by atoms with Gasteiger partial charge in [-0.1, -0.05) is 0 Å². The lowest BCUT2D eigenvalue weighted by Crippen LogP contribution is -2.27. The lowest BCUT2D eigenvalue weighted by molar-refractivity contribution is -0.123. The Labute approximate surface area is 65.3 Å². The molecule has 0 aliphatic rings. The van der Waals surface area contributed by atoms with E-state index in [0.29, 0.717) is 0 Å². The van der Waals surface area contributed by atoms with Crippen molar-refractivity contribution in [3.8, 4) is 0 Å². The highest BCUT2D eigenvalue weighted by molar-refractivity contribution is 5.75. The number of hydrogen-bond acceptors (Lipinski definition) is 3. The molecule has 0 saturated carbocycles. The molecule has 0 aromatic rings. The molecule has 0 saturated heterocycles. The van der Waals surface area contributed by atoms with E-state index < -0.39 is 0 Å². The van der Waals surface area contributed by atoms with E-state index in [1.165, 1.54) is 20.6 Å². The molecule has 0 aromatic heterocycles. The van der Waals surface area contributed by atoms with Gasteiger partial charge in [-0.05, 0) is 0 Å². The van der Waals surface area contributed by atoms with Crippen molar-refractivity contribution >= 4 is 12.3 Å². The molecule has 0 aliphatic carbocycles. The standard InChI is InChI=1S/C6H11N2O3/c1-7-6(10)3-4-8(5-9)11-2/h3-4H2,1-2H3,(H,7,10). The number of hydroxylamine groups is 2. The van der Waals surface area contributed by atoms with Gasteiger partial charge in [-0.25, -0.2) is 5.06 Å². The predicted octanol–water partition coefficient (Wildman–Crippen LogP) is -0.947. The van der Waals surface area contributed by atoms with E-state index >= 15 is 0 Å². The highest BCUT2D eigenvalue weighted by Gasteiger charge is 2.03. The third kappa shape index (κ3) is 4.32. The average Bonchev–Trinajstić information content (AvgIpc) is 2.06. The third-order valence-corrected chi connectivity index (χ3v) is 1.14. The Morgan fingerprint density at radius 3 is 2.73 bits per heavy atom. The van der Waals surface area contributed by atoms with Crippen molar-refractivity contribution < 1.29 is 14.4 Å². The number of nitrogens with one attached hydrogen (secondary N) is 1. The summed E-state index contributed by atoms with van der Waals surface area (Å²) in [6.45, 7) is 0.222. The molecule has 0 fully saturated rings. The number of nitrogens with zero attached hydrogens (tertiary/aromatic N) is 1. The molecule has 0 unspecified atom stereocenters. The van der Waals surface area contributed by atoms with Crippen LogP contribution >= 0.6 is 0 Å². The molecule has 5 nitrogen and oxygen atoms in total. The second-order valence-corrected chi connectivity index (χ2v) is 1.80. The summed E-state index contributed by atoms with van der Waals surface area (Å²) < 4.78 is 0. The van der Waals surface area contributed by atoms with Crippen LogP contribution in [-0.2, 0) is 14.4 Å². The van der Waals surface area contributed by atoms with E-state index in [-0.39, 0.29) is 18.9 Å². The fraction of sp³-hybridized carbons (Fsp3) is 0.667. The van der Waals surface area contributed by atoms with Crippen LogP contribution in [0.5, 0.6) is 0 Å². The summed E-state index contributed by atoms with van der Waals surface area (Å²) in [6, 6.07) is 0. The van der Waals surface area contributed by atoms with Crippen molar-refractivity contribution in [1.29, 1.82) is 0 Å². The number of amides is 2. The first kappa shape index (κ1) is 9.90. The minimum absolute atomic E-state index is 0.137. The molecule has 1 radical (unpaired) electrons. The van der Waals surface area contributed by atoms with E-state index in [0.717, 1.165) is 5.06 Å². The first-order valence-corrected chi connectivity index (χ1v) is 3.14. The van der Waals surface area contributed by atoms with Gasteiger partial charge in [-0.3, -0.25) is 14.4 Å². The van der Waals surface area contributed by atoms with Gasteiger partial charge < -0.3 is 5.32 Å². The maximum atomic E-state index is 10.6. The molecular formula is C6H11N2O3. The summed E-state index contributed by atoms with van der Waals surface area (Å²) in [7, 11) is 2.87. The predicted molar refractivity (Wildman–Crippen MR) is 38.1 cm³/mol. The Morgan fingerprint density at radius 2 is 2.36 bits per heavy atom. The molecule has 0 atom stereocenters. The molecule has 0 aliphatic heterocycles. The molecule has 0 heterocycles. The Morgan fingerprint density at radius 1 is 1.73 bits per heavy atom. The van der Waals surface area contributed by atoms with Crippen LogP contribution in [0.2, 0.25) is 0 Å². The maximum Gasteiger partial charge on any atom is 0.337 e. The van der Waals surface area contributed by atoms with Crippen LogP contribution in [0, 0.1) is 0 Å². The summed E-state index contributed by atoms with van der Waals surface area (Å²) >= 11 is 0. The number of hydrogen-bond donors (Lipinski definition) is 1. The number of rotatable bonds is 5. The Bertz CT molecular complexity index is 138. The SMILES string of the molecule is CNC(=O)CCN([C]=O)OC. The lowest BCUT2D eigenvalue weighted by Gasteiger charge is -2.10. The molecule has 2 amide bonds. The fourth-order valence-electron chi connectivity index (χ4n) is 0.502. The second-order valence-electron chi connectivity index (χ2n) is 1.80. The molecule has 1 N–H and O–H groups in total. The van der Waals surface area contributed by atoms with Gasteiger partial charge in [0.15, 0.2) is 0 Å². The highest BCUT2D eigenvalue weighted by atomic mass is 16.7. The summed E-state index contributed by atoms with van der Waals surface area (Å²) in [4.78, 5) is 25.1. The smallest absolute Gasteiger partial charge is 0.337 e. The van der Waals surface area contributed by atoms with Crippen LogP contribution in [0.3, 0.4) is 0 Å². The van der Waals surface area contributed by atoms with Gasteiger partial charge in [0.2, 0.25) is 5.91 Å². The van der Waals surface area contributed by atoms with Crippen LogP contribution in [0.15, 0.2) is 0 Å². The Kier molecular flexibility index (Phi) is 5.10. The van der Waals surface area contributed by atoms with Crippen LogP contribution in [0.25, 0.3) is 0 Å². The lowest BCUT2D eigenvalue weighted by atomic mass is 10.4. The Balaban J connectivity index is 3.50. The van der Waals surface area contributed by atoms with E-state index in [4.69, 9.17) is 0 Å². The van der Waals surface area contributed by atoms with Gasteiger partial charge in [0.1, 0.15) is 0 Å². The van der Waals surface area contributed by atoms with Gasteiger partial charge in [0.25, 0.3) is 0 Å². The summed E-state index contributed by atoms with van der Waals surface area (Å²) in [5, 5.41) is 3.34. The van der Waals surface area contributed by atoms with Gasteiger partial charge in [0.05, 0.1) is 13.7 Å². The maximum absolute atomic E-state index is 10.6. The first-order valence-electron chi connectivity index (χ1n) is 3.14. The topological polar surface area (TPSA) is 58.6 Å². The van der Waals surface area contributed by atoms with Gasteiger partial charge >= 0.3 is 6.41 Å². The van der Waals surface area contributed by atoms with Crippen molar-refractivity contribution in [2.45, 2.75) is 6.42 Å². The molecule has 0 spiro atoms. The normalized spacial score (nSPS) is 8.91. The minimum Gasteiger partial charge on any atom is -0.359 e. The zero-order chi connectivity index (χ0) is 8.69. The van der Waals surface area contributed by atoms with Crippen LogP contribution < -0.4 is 5.32 Å². The van der Waals surface area contributed by atoms with Gasteiger partial charge in [0, 0.05) is 13.5 Å². The number of carbonyl (C=O) groups excluding carboxylic acids is 2. The summed E-state index contributed by atoms with van der Waals surface area (Å²) in [5.41, 5.74) is 0. The van der Waals surface area contributed by atoms with Crippen LogP contribution in [-0.4, -0.2) is 38.1 Å². The average molecular weight is 159 g/mol. The zero-order valence-corrected chi connectivity index (χ0v) is 6.59. The largest absolute Gasteiger partial charge is 0.359 e. The van der Waals surface area contributed by atoms with Crippen molar-refractivity contribution in [3.63, 3.8) is 0 Å². The highest BCUT2D eigenvalue weighted by Crippen LogP contribution is 1.86. The molecule has 5 heteroatoms. The van der Waals surface area contributed by atoms with Crippen molar-refractivity contribution in [2.75, 3.05) is 20.7 Å². The van der Waals surface area contributed by atoms with Crippen molar-refractivity contribution in [2.24, 2.45) is 0 Å². The Hall–Kier alpha value is -1.10. The first-order chi connectivity index (χ1) is 5.24. The number of carbonyl (C=O) groups is 1. The minimum atomic E-state index is -0.137. The molecule has 11 heavy (non-hydrogen) atoms. The molecule has 63 valence electrons. The van der Waals surface area contributed by atoms with Gasteiger partial charge in [-0.15, -0.1) is 0 Å². The third-order valence-electron chi connectivity index (χ3n) is 1.14. The van der Waals surface area contributed by atoms with E-state index in [1.807, 2.05) is 0 Å². The fourth-order valence-corrected chi connectivity index (χ4v) is 0.502. The molecule has 0 bridgehead atoms. The zero-order valence-electron chi connectivity index (χ0n) is 6.59. The van der Waals surface area contributed by atoms with Crippen LogP contribution in [0.4, 0.5) is 0 Å². The second kappa shape index (κ2) is 5.67. The molecular weight excluding hydrogens is 148 g/mol. The summed E-state index contributed by atoms with van der Waals surface area (Å²) in [5.74, 6) is -0.137. The van der Waals surface area contributed by atoms with Crippen molar-refractivity contribution in [3.05, 3.63) is 0 Å². The molecule has 0 rings (SSSR count). The van der Waals surface area contributed by atoms with Gasteiger partial charge in [-0.2, -0.15) is 0 Å².